The van der Waals surface area contributed by atoms with Crippen LogP contribution >= 0.6 is 23.4 Å². The summed E-state index contributed by atoms with van der Waals surface area (Å²) < 4.78 is 12.5. The minimum atomic E-state index is -0.255. The van der Waals surface area contributed by atoms with Crippen LogP contribution < -0.4 is 15.6 Å². The van der Waals surface area contributed by atoms with Crippen LogP contribution in [-0.4, -0.2) is 47.6 Å². The van der Waals surface area contributed by atoms with Gasteiger partial charge in [-0.05, 0) is 63.1 Å². The Bertz CT molecular complexity index is 1200. The Balaban J connectivity index is 1.90. The molecule has 0 aliphatic heterocycles. The lowest BCUT2D eigenvalue weighted by molar-refractivity contribution is -0.118. The van der Waals surface area contributed by atoms with Gasteiger partial charge in [0.15, 0.2) is 5.16 Å². The van der Waals surface area contributed by atoms with Crippen LogP contribution in [0, 0.1) is 6.92 Å². The highest BCUT2D eigenvalue weighted by atomic mass is 35.5. The largest absolute Gasteiger partial charge is 0.495 e. The molecule has 0 aliphatic rings. The number of thioether (sulfide) groups is 1. The fourth-order valence-electron chi connectivity index (χ4n) is 3.22. The van der Waals surface area contributed by atoms with Gasteiger partial charge < -0.3 is 14.8 Å². The summed E-state index contributed by atoms with van der Waals surface area (Å²) in [4.78, 5) is 30.6. The molecule has 3 rings (SSSR count). The van der Waals surface area contributed by atoms with Crippen molar-refractivity contribution >= 4 is 40.2 Å². The van der Waals surface area contributed by atoms with E-state index in [4.69, 9.17) is 21.1 Å². The van der Waals surface area contributed by atoms with Gasteiger partial charge in [0.25, 0.3) is 5.56 Å². The van der Waals surface area contributed by atoms with Gasteiger partial charge in [-0.2, -0.15) is 0 Å². The number of nitrogens with zero attached hydrogens (tertiary/aromatic N) is 2. The van der Waals surface area contributed by atoms with Crippen molar-refractivity contribution in [3.05, 3.63) is 57.3 Å². The zero-order valence-electron chi connectivity index (χ0n) is 19.2. The molecule has 7 nitrogen and oxygen atoms in total. The van der Waals surface area contributed by atoms with Crippen LogP contribution in [0.3, 0.4) is 0 Å². The highest BCUT2D eigenvalue weighted by Crippen LogP contribution is 2.28. The van der Waals surface area contributed by atoms with E-state index >= 15 is 0 Å². The lowest BCUT2D eigenvalue weighted by Crippen LogP contribution is -2.28. The van der Waals surface area contributed by atoms with E-state index in [-0.39, 0.29) is 23.3 Å². The zero-order valence-corrected chi connectivity index (χ0v) is 20.8. The summed E-state index contributed by atoms with van der Waals surface area (Å²) in [6.07, 6.45) is 0.895. The maximum absolute atomic E-state index is 13.5. The molecule has 0 saturated heterocycles. The molecule has 0 bridgehead atoms. The third-order valence-corrected chi connectivity index (χ3v) is 5.98. The molecule has 1 heterocycles. The van der Waals surface area contributed by atoms with Crippen molar-refractivity contribution in [1.29, 1.82) is 0 Å². The van der Waals surface area contributed by atoms with Crippen molar-refractivity contribution in [2.75, 3.05) is 26.0 Å². The number of carbonyl (C=O) groups excluding carboxylic acids is 1. The van der Waals surface area contributed by atoms with Crippen LogP contribution in [0.1, 0.15) is 25.8 Å². The van der Waals surface area contributed by atoms with E-state index in [0.29, 0.717) is 45.7 Å². The number of ether oxygens (including phenoxy) is 2. The van der Waals surface area contributed by atoms with E-state index < -0.39 is 0 Å². The Morgan fingerprint density at radius 2 is 2.03 bits per heavy atom. The molecule has 1 N–H and O–H groups in total. The monoisotopic (exact) mass is 489 g/mol. The number of aromatic nitrogens is 2. The molecule has 33 heavy (non-hydrogen) atoms. The minimum absolute atomic E-state index is 0.109. The van der Waals surface area contributed by atoms with E-state index in [2.05, 4.69) is 10.3 Å². The number of methoxy groups -OCH3 is 1. The molecule has 0 unspecified atom stereocenters. The third-order valence-electron chi connectivity index (χ3n) is 4.80. The third kappa shape index (κ3) is 6.50. The van der Waals surface area contributed by atoms with Gasteiger partial charge >= 0.3 is 0 Å². The first-order valence-corrected chi connectivity index (χ1v) is 12.0. The number of carbonyl (C=O) groups is 1. The van der Waals surface area contributed by atoms with Gasteiger partial charge in [0.1, 0.15) is 5.75 Å². The van der Waals surface area contributed by atoms with Crippen molar-refractivity contribution in [2.45, 2.75) is 38.5 Å². The molecule has 0 atom stereocenters. The average molecular weight is 490 g/mol. The van der Waals surface area contributed by atoms with Gasteiger partial charge in [0.2, 0.25) is 5.91 Å². The van der Waals surface area contributed by atoms with Crippen molar-refractivity contribution in [1.82, 2.24) is 14.9 Å². The predicted octanol–water partition coefficient (Wildman–Crippen LogP) is 4.38. The molecule has 0 spiro atoms. The van der Waals surface area contributed by atoms with Gasteiger partial charge in [-0.3, -0.25) is 14.2 Å². The number of amides is 1. The predicted molar refractivity (Wildman–Crippen MR) is 133 cm³/mol. The zero-order chi connectivity index (χ0) is 24.0. The SMILES string of the molecule is COc1ccc(C)cc1-n1c(SCC(=O)NCCCOC(C)C)nc2cc(Cl)ccc2c1=O. The number of nitrogens with one attached hydrogen (secondary N) is 1. The minimum Gasteiger partial charge on any atom is -0.495 e. The van der Waals surface area contributed by atoms with Crippen molar-refractivity contribution in [3.8, 4) is 11.4 Å². The Labute approximate surface area is 202 Å². The Morgan fingerprint density at radius 1 is 1.24 bits per heavy atom. The molecule has 2 aromatic carbocycles. The van der Waals surface area contributed by atoms with E-state index in [9.17, 15) is 9.59 Å². The van der Waals surface area contributed by atoms with E-state index in [1.165, 1.54) is 16.3 Å². The highest BCUT2D eigenvalue weighted by Gasteiger charge is 2.18. The molecule has 0 saturated carbocycles. The fourth-order valence-corrected chi connectivity index (χ4v) is 4.22. The first-order chi connectivity index (χ1) is 15.8. The fraction of sp³-hybridized carbons (Fsp3) is 0.375. The normalized spacial score (nSPS) is 11.2. The number of fused-ring (bicyclic) bond motifs is 1. The second-order valence-electron chi connectivity index (χ2n) is 7.78. The lowest BCUT2D eigenvalue weighted by atomic mass is 10.2. The smallest absolute Gasteiger partial charge is 0.266 e. The standard InChI is InChI=1S/C24H28ClN3O4S/c1-15(2)32-11-5-10-26-22(29)14-33-24-27-19-13-17(25)7-8-18(19)23(30)28(24)20-12-16(3)6-9-21(20)31-4/h6-9,12-13,15H,5,10-11,14H2,1-4H3,(H,26,29). The lowest BCUT2D eigenvalue weighted by Gasteiger charge is -2.16. The first kappa shape index (κ1) is 25.1. The summed E-state index contributed by atoms with van der Waals surface area (Å²) >= 11 is 7.32. The van der Waals surface area contributed by atoms with E-state index in [1.54, 1.807) is 25.3 Å². The van der Waals surface area contributed by atoms with Gasteiger partial charge in [-0.25, -0.2) is 4.98 Å². The molecular weight excluding hydrogens is 462 g/mol. The molecular formula is C24H28ClN3O4S. The molecule has 0 fully saturated rings. The van der Waals surface area contributed by atoms with Gasteiger partial charge in [-0.15, -0.1) is 0 Å². The van der Waals surface area contributed by atoms with Gasteiger partial charge in [-0.1, -0.05) is 29.4 Å². The van der Waals surface area contributed by atoms with Gasteiger partial charge in [0.05, 0.1) is 35.6 Å². The second-order valence-corrected chi connectivity index (χ2v) is 9.16. The van der Waals surface area contributed by atoms with Crippen molar-refractivity contribution < 1.29 is 14.3 Å². The molecule has 0 radical (unpaired) electrons. The molecule has 9 heteroatoms. The summed E-state index contributed by atoms with van der Waals surface area (Å²) in [5.74, 6) is 0.500. The molecule has 1 aromatic heterocycles. The maximum atomic E-state index is 13.5. The average Bonchev–Trinajstić information content (AvgIpc) is 2.77. The van der Waals surface area contributed by atoms with Crippen LogP contribution in [0.5, 0.6) is 5.75 Å². The Morgan fingerprint density at radius 3 is 2.76 bits per heavy atom. The molecule has 176 valence electrons. The molecule has 3 aromatic rings. The van der Waals surface area contributed by atoms with Crippen molar-refractivity contribution in [2.24, 2.45) is 0 Å². The number of halogens is 1. The summed E-state index contributed by atoms with van der Waals surface area (Å²) in [5.41, 5.74) is 1.75. The Hall–Kier alpha value is -2.55. The first-order valence-electron chi connectivity index (χ1n) is 10.7. The second kappa shape index (κ2) is 11.5. The van der Waals surface area contributed by atoms with Crippen molar-refractivity contribution in [3.63, 3.8) is 0 Å². The van der Waals surface area contributed by atoms with E-state index in [0.717, 1.165) is 12.0 Å². The highest BCUT2D eigenvalue weighted by molar-refractivity contribution is 7.99. The number of hydrogen-bond donors (Lipinski definition) is 1. The number of rotatable bonds is 10. The summed E-state index contributed by atoms with van der Waals surface area (Å²) in [6.45, 7) is 6.99. The van der Waals surface area contributed by atoms with Crippen LogP contribution in [0.4, 0.5) is 0 Å². The Kier molecular flexibility index (Phi) is 8.77. The van der Waals surface area contributed by atoms with Gasteiger partial charge in [0, 0.05) is 18.2 Å². The summed E-state index contributed by atoms with van der Waals surface area (Å²) in [5, 5.41) is 4.18. The summed E-state index contributed by atoms with van der Waals surface area (Å²) in [7, 11) is 1.55. The maximum Gasteiger partial charge on any atom is 0.266 e. The van der Waals surface area contributed by atoms with Crippen LogP contribution in [0.2, 0.25) is 5.02 Å². The van der Waals surface area contributed by atoms with Crippen LogP contribution in [0.15, 0.2) is 46.3 Å². The van der Waals surface area contributed by atoms with Crippen LogP contribution in [-0.2, 0) is 9.53 Å². The number of benzene rings is 2. The number of aryl methyl sites for hydroxylation is 1. The molecule has 0 aliphatic carbocycles. The number of hydrogen-bond acceptors (Lipinski definition) is 6. The topological polar surface area (TPSA) is 82.4 Å². The van der Waals surface area contributed by atoms with Crippen LogP contribution in [0.25, 0.3) is 16.6 Å². The summed E-state index contributed by atoms with van der Waals surface area (Å²) in [6, 6.07) is 10.5. The van der Waals surface area contributed by atoms with E-state index in [1.807, 2.05) is 39.0 Å². The molecule has 1 amide bonds. The quantitative estimate of drug-likeness (QED) is 0.258.